The fourth-order valence-corrected chi connectivity index (χ4v) is 3.53. The van der Waals surface area contributed by atoms with Crippen LogP contribution in [0.5, 0.6) is 0 Å². The third-order valence-corrected chi connectivity index (χ3v) is 4.79. The van der Waals surface area contributed by atoms with Crippen LogP contribution in [0.3, 0.4) is 0 Å². The van der Waals surface area contributed by atoms with Gasteiger partial charge in [0.2, 0.25) is 10.0 Å². The number of rotatable bonds is 2. The summed E-state index contributed by atoms with van der Waals surface area (Å²) in [5.74, 6) is 0. The lowest BCUT2D eigenvalue weighted by Crippen LogP contribution is -2.28. The molecule has 0 radical (unpaired) electrons. The lowest BCUT2D eigenvalue weighted by molar-refractivity contribution is 0.478. The zero-order valence-electron chi connectivity index (χ0n) is 9.26. The maximum Gasteiger partial charge on any atom is 0.245 e. The van der Waals surface area contributed by atoms with E-state index in [0.29, 0.717) is 18.7 Å². The largest absolute Gasteiger partial charge is 0.398 e. The molecule has 1 aromatic carbocycles. The number of nitrogen functional groups attached to an aromatic ring is 1. The molecular weight excluding hydrogens is 238 g/mol. The molecule has 0 amide bonds. The maximum absolute atomic E-state index is 12.2. The normalized spacial score (nSPS) is 16.9. The summed E-state index contributed by atoms with van der Waals surface area (Å²) in [6.45, 7) is 1.09. The van der Waals surface area contributed by atoms with E-state index in [1.165, 1.54) is 22.5 Å². The first-order chi connectivity index (χ1) is 8.05. The molecule has 17 heavy (non-hydrogen) atoms. The highest BCUT2D eigenvalue weighted by Gasteiger charge is 2.28. The van der Waals surface area contributed by atoms with Gasteiger partial charge >= 0.3 is 0 Å². The van der Waals surface area contributed by atoms with Gasteiger partial charge in [0.1, 0.15) is 4.90 Å². The molecular formula is C11H13N3O2S. The lowest BCUT2D eigenvalue weighted by atomic mass is 10.2. The number of anilines is 1. The SMILES string of the molecule is N#Cc1ccc(S(=O)(=O)N2CCCC2)c(N)c1. The van der Waals surface area contributed by atoms with Gasteiger partial charge in [0, 0.05) is 13.1 Å². The van der Waals surface area contributed by atoms with Gasteiger partial charge in [0.25, 0.3) is 0 Å². The monoisotopic (exact) mass is 251 g/mol. The molecule has 0 bridgehead atoms. The van der Waals surface area contributed by atoms with Crippen molar-refractivity contribution >= 4 is 15.7 Å². The molecule has 6 heteroatoms. The van der Waals surface area contributed by atoms with Gasteiger partial charge in [-0.1, -0.05) is 0 Å². The minimum absolute atomic E-state index is 0.0957. The smallest absolute Gasteiger partial charge is 0.245 e. The molecule has 0 aromatic heterocycles. The zero-order chi connectivity index (χ0) is 12.5. The molecule has 5 nitrogen and oxygen atoms in total. The van der Waals surface area contributed by atoms with Crippen LogP contribution in [-0.4, -0.2) is 25.8 Å². The van der Waals surface area contributed by atoms with Crippen LogP contribution in [0, 0.1) is 11.3 Å². The van der Waals surface area contributed by atoms with Gasteiger partial charge in [-0.2, -0.15) is 9.57 Å². The van der Waals surface area contributed by atoms with Gasteiger partial charge < -0.3 is 5.73 Å². The van der Waals surface area contributed by atoms with Crippen LogP contribution in [0.4, 0.5) is 5.69 Å². The summed E-state index contributed by atoms with van der Waals surface area (Å²) in [5.41, 5.74) is 6.19. The van der Waals surface area contributed by atoms with Crippen molar-refractivity contribution in [3.63, 3.8) is 0 Å². The molecule has 0 spiro atoms. The molecule has 1 heterocycles. The minimum Gasteiger partial charge on any atom is -0.398 e. The fourth-order valence-electron chi connectivity index (χ4n) is 1.92. The van der Waals surface area contributed by atoms with E-state index in [2.05, 4.69) is 0 Å². The minimum atomic E-state index is -3.50. The van der Waals surface area contributed by atoms with Gasteiger partial charge in [0.15, 0.2) is 0 Å². The molecule has 2 N–H and O–H groups in total. The first kappa shape index (κ1) is 11.9. The molecule has 90 valence electrons. The van der Waals surface area contributed by atoms with E-state index in [0.717, 1.165) is 12.8 Å². The molecule has 1 saturated heterocycles. The van der Waals surface area contributed by atoms with Gasteiger partial charge in [-0.25, -0.2) is 8.42 Å². The van der Waals surface area contributed by atoms with Crippen molar-refractivity contribution in [1.29, 1.82) is 5.26 Å². The average Bonchev–Trinajstić information content (AvgIpc) is 2.82. The highest BCUT2D eigenvalue weighted by molar-refractivity contribution is 7.89. The molecule has 0 aliphatic carbocycles. The van der Waals surface area contributed by atoms with Crippen molar-refractivity contribution in [3.05, 3.63) is 23.8 Å². The Kier molecular flexibility index (Phi) is 3.05. The Hall–Kier alpha value is -1.58. The summed E-state index contributed by atoms with van der Waals surface area (Å²) in [5, 5.41) is 8.70. The molecule has 0 saturated carbocycles. The topological polar surface area (TPSA) is 87.2 Å². The number of benzene rings is 1. The first-order valence-electron chi connectivity index (χ1n) is 5.35. The van der Waals surface area contributed by atoms with E-state index < -0.39 is 10.0 Å². The highest BCUT2D eigenvalue weighted by Crippen LogP contribution is 2.25. The Morgan fingerprint density at radius 3 is 2.47 bits per heavy atom. The summed E-state index contributed by atoms with van der Waals surface area (Å²) in [4.78, 5) is 0.0957. The predicted octanol–water partition coefficient (Wildman–Crippen LogP) is 0.925. The third-order valence-electron chi connectivity index (χ3n) is 2.82. The Bertz CT molecular complexity index is 569. The summed E-state index contributed by atoms with van der Waals surface area (Å²) >= 11 is 0. The van der Waals surface area contributed by atoms with Crippen LogP contribution in [0.1, 0.15) is 18.4 Å². The number of sulfonamides is 1. The van der Waals surface area contributed by atoms with Crippen LogP contribution in [0.2, 0.25) is 0 Å². The van der Waals surface area contributed by atoms with Crippen molar-refractivity contribution in [2.24, 2.45) is 0 Å². The van der Waals surface area contributed by atoms with Crippen LogP contribution in [0.15, 0.2) is 23.1 Å². The second-order valence-corrected chi connectivity index (χ2v) is 5.88. The van der Waals surface area contributed by atoms with E-state index in [1.54, 1.807) is 0 Å². The van der Waals surface area contributed by atoms with E-state index in [-0.39, 0.29) is 10.6 Å². The predicted molar refractivity (Wildman–Crippen MR) is 63.6 cm³/mol. The Labute approximate surface area is 101 Å². The van der Waals surface area contributed by atoms with Crippen molar-refractivity contribution in [2.75, 3.05) is 18.8 Å². The molecule has 1 fully saturated rings. The van der Waals surface area contributed by atoms with Crippen molar-refractivity contribution in [3.8, 4) is 6.07 Å². The number of hydrogen-bond acceptors (Lipinski definition) is 4. The molecule has 2 rings (SSSR count). The number of nitrogens with zero attached hydrogens (tertiary/aromatic N) is 2. The summed E-state index contributed by atoms with van der Waals surface area (Å²) < 4.78 is 25.9. The quantitative estimate of drug-likeness (QED) is 0.792. The van der Waals surface area contributed by atoms with Crippen LogP contribution in [0.25, 0.3) is 0 Å². The molecule has 1 aromatic rings. The van der Waals surface area contributed by atoms with Crippen LogP contribution < -0.4 is 5.73 Å². The van der Waals surface area contributed by atoms with Crippen LogP contribution in [-0.2, 0) is 10.0 Å². The molecule has 0 atom stereocenters. The maximum atomic E-state index is 12.2. The zero-order valence-corrected chi connectivity index (χ0v) is 10.1. The fraction of sp³-hybridized carbons (Fsp3) is 0.364. The number of hydrogen-bond donors (Lipinski definition) is 1. The second-order valence-electron chi connectivity index (χ2n) is 3.98. The van der Waals surface area contributed by atoms with Crippen LogP contribution >= 0.6 is 0 Å². The Balaban J connectivity index is 2.43. The van der Waals surface area contributed by atoms with Gasteiger partial charge in [-0.05, 0) is 31.0 Å². The van der Waals surface area contributed by atoms with Gasteiger partial charge in [-0.15, -0.1) is 0 Å². The van der Waals surface area contributed by atoms with Crippen molar-refractivity contribution in [2.45, 2.75) is 17.7 Å². The lowest BCUT2D eigenvalue weighted by Gasteiger charge is -2.16. The third kappa shape index (κ3) is 2.12. The van der Waals surface area contributed by atoms with Gasteiger partial charge in [0.05, 0.1) is 17.3 Å². The van der Waals surface area contributed by atoms with E-state index in [9.17, 15) is 8.42 Å². The van der Waals surface area contributed by atoms with E-state index in [1.807, 2.05) is 6.07 Å². The van der Waals surface area contributed by atoms with Crippen molar-refractivity contribution in [1.82, 2.24) is 4.31 Å². The summed E-state index contributed by atoms with van der Waals surface area (Å²) in [6.07, 6.45) is 1.77. The van der Waals surface area contributed by atoms with Gasteiger partial charge in [-0.3, -0.25) is 0 Å². The number of nitriles is 1. The standard InChI is InChI=1S/C11H13N3O2S/c12-8-9-3-4-11(10(13)7-9)17(15,16)14-5-1-2-6-14/h3-4,7H,1-2,5-6,13H2. The molecule has 1 aliphatic rings. The number of nitrogens with two attached hydrogens (primary N) is 1. The van der Waals surface area contributed by atoms with E-state index in [4.69, 9.17) is 11.0 Å². The molecule has 1 aliphatic heterocycles. The second kappa shape index (κ2) is 4.35. The summed E-state index contributed by atoms with van der Waals surface area (Å²) in [6, 6.07) is 6.20. The highest BCUT2D eigenvalue weighted by atomic mass is 32.2. The Morgan fingerprint density at radius 1 is 1.29 bits per heavy atom. The van der Waals surface area contributed by atoms with Crippen molar-refractivity contribution < 1.29 is 8.42 Å². The Morgan fingerprint density at radius 2 is 1.94 bits per heavy atom. The first-order valence-corrected chi connectivity index (χ1v) is 6.79. The average molecular weight is 251 g/mol. The van der Waals surface area contributed by atoms with E-state index >= 15 is 0 Å². The summed E-state index contributed by atoms with van der Waals surface area (Å²) in [7, 11) is -3.50. The molecule has 0 unspecified atom stereocenters.